The number of nitrogens with one attached hydrogen (secondary N) is 3. The molecule has 0 bridgehead atoms. The smallest absolute Gasteiger partial charge is 0.322 e. The van der Waals surface area contributed by atoms with Crippen LogP contribution in [0.4, 0.5) is 4.79 Å². The molecule has 4 amide bonds. The first-order valence-corrected chi connectivity index (χ1v) is 5.35. The van der Waals surface area contributed by atoms with Crippen molar-refractivity contribution >= 4 is 25.7 Å². The Labute approximate surface area is 99.6 Å². The van der Waals surface area contributed by atoms with Crippen molar-refractivity contribution in [3.8, 4) is 0 Å². The Morgan fingerprint density at radius 2 is 2.35 bits per heavy atom. The van der Waals surface area contributed by atoms with Gasteiger partial charge in [-0.15, -0.1) is 0 Å². The zero-order chi connectivity index (χ0) is 12.5. The number of carbonyl (C=O) groups is 3. The highest BCUT2D eigenvalue weighted by atomic mass is 16.2. The summed E-state index contributed by atoms with van der Waals surface area (Å²) in [5.74, 6) is -0.880. The molecule has 3 N–H and O–H groups in total. The fraction of sp³-hybridized carbons (Fsp3) is 0.500. The van der Waals surface area contributed by atoms with Crippen LogP contribution in [0.25, 0.3) is 0 Å². The Bertz CT molecular complexity index is 410. The summed E-state index contributed by atoms with van der Waals surface area (Å²) in [6.07, 6.45) is 3.99. The fourth-order valence-electron chi connectivity index (χ4n) is 2.18. The third-order valence-electron chi connectivity index (χ3n) is 3.11. The molecule has 17 heavy (non-hydrogen) atoms. The molecule has 1 aliphatic heterocycles. The summed E-state index contributed by atoms with van der Waals surface area (Å²) in [4.78, 5) is 34.0. The van der Waals surface area contributed by atoms with Gasteiger partial charge in [0.1, 0.15) is 5.54 Å². The van der Waals surface area contributed by atoms with Gasteiger partial charge in [0.15, 0.2) is 0 Å². The van der Waals surface area contributed by atoms with E-state index < -0.39 is 11.6 Å². The van der Waals surface area contributed by atoms with Crippen LogP contribution in [0.15, 0.2) is 12.2 Å². The van der Waals surface area contributed by atoms with E-state index in [4.69, 9.17) is 7.85 Å². The molecule has 0 aromatic heterocycles. The molecule has 7 heteroatoms. The van der Waals surface area contributed by atoms with Crippen LogP contribution in [0.1, 0.15) is 6.42 Å². The summed E-state index contributed by atoms with van der Waals surface area (Å²) >= 11 is 0. The summed E-state index contributed by atoms with van der Waals surface area (Å²) in [5.41, 5.74) is -0.945. The topological polar surface area (TPSA) is 87.3 Å². The van der Waals surface area contributed by atoms with Crippen molar-refractivity contribution in [2.75, 3.05) is 6.54 Å². The first kappa shape index (κ1) is 11.7. The second-order valence-electron chi connectivity index (χ2n) is 4.13. The zero-order valence-corrected chi connectivity index (χ0v) is 9.16. The first-order valence-electron chi connectivity index (χ1n) is 5.35. The maximum atomic E-state index is 11.8. The highest BCUT2D eigenvalue weighted by Crippen LogP contribution is 2.32. The molecule has 2 aliphatic rings. The van der Waals surface area contributed by atoms with Gasteiger partial charge in [-0.05, 0) is 12.7 Å². The second-order valence-corrected chi connectivity index (χ2v) is 4.13. The van der Waals surface area contributed by atoms with Gasteiger partial charge in [0.25, 0.3) is 5.91 Å². The number of carbonyl (C=O) groups excluding carboxylic acids is 3. The molecular formula is C10H12BN3O3. The predicted octanol–water partition coefficient (Wildman–Crippen LogP) is -1.16. The SMILES string of the molecule is [B]CC(=O)NCC1C=CCC12NC(=O)NC2=O. The summed E-state index contributed by atoms with van der Waals surface area (Å²) in [6, 6.07) is -0.492. The molecule has 1 heterocycles. The van der Waals surface area contributed by atoms with Crippen molar-refractivity contribution in [2.24, 2.45) is 5.92 Å². The van der Waals surface area contributed by atoms with Crippen molar-refractivity contribution in [3.63, 3.8) is 0 Å². The van der Waals surface area contributed by atoms with Crippen molar-refractivity contribution in [3.05, 3.63) is 12.2 Å². The predicted molar refractivity (Wildman–Crippen MR) is 60.2 cm³/mol. The molecule has 1 saturated heterocycles. The van der Waals surface area contributed by atoms with E-state index in [9.17, 15) is 14.4 Å². The number of amides is 4. The van der Waals surface area contributed by atoms with Gasteiger partial charge in [0.2, 0.25) is 5.91 Å². The van der Waals surface area contributed by atoms with Gasteiger partial charge in [-0.1, -0.05) is 12.2 Å². The van der Waals surface area contributed by atoms with E-state index in [2.05, 4.69) is 16.0 Å². The molecule has 88 valence electrons. The number of hydrogen-bond acceptors (Lipinski definition) is 3. The summed E-state index contributed by atoms with van der Waals surface area (Å²) < 4.78 is 0. The van der Waals surface area contributed by atoms with Crippen LogP contribution in [-0.4, -0.2) is 37.8 Å². The molecule has 2 radical (unpaired) electrons. The lowest BCUT2D eigenvalue weighted by Crippen LogP contribution is -2.53. The summed E-state index contributed by atoms with van der Waals surface area (Å²) in [5, 5.41) is 7.46. The third kappa shape index (κ3) is 1.92. The van der Waals surface area contributed by atoms with E-state index in [1.807, 2.05) is 12.2 Å². The molecule has 1 spiro atoms. The monoisotopic (exact) mass is 233 g/mol. The Hall–Kier alpha value is -1.79. The first-order chi connectivity index (χ1) is 8.08. The molecule has 1 aliphatic carbocycles. The molecule has 1 fully saturated rings. The van der Waals surface area contributed by atoms with Gasteiger partial charge in [0, 0.05) is 12.5 Å². The minimum Gasteiger partial charge on any atom is -0.356 e. The largest absolute Gasteiger partial charge is 0.356 e. The molecular weight excluding hydrogens is 221 g/mol. The minimum atomic E-state index is -0.945. The number of imide groups is 1. The Morgan fingerprint density at radius 3 is 2.94 bits per heavy atom. The van der Waals surface area contributed by atoms with Crippen molar-refractivity contribution < 1.29 is 14.4 Å². The van der Waals surface area contributed by atoms with Crippen LogP contribution in [0.5, 0.6) is 0 Å². The molecule has 0 aromatic carbocycles. The summed E-state index contributed by atoms with van der Waals surface area (Å²) in [7, 11) is 5.17. The molecule has 0 aromatic rings. The van der Waals surface area contributed by atoms with Crippen molar-refractivity contribution in [1.29, 1.82) is 0 Å². The van der Waals surface area contributed by atoms with E-state index in [1.54, 1.807) is 0 Å². The molecule has 0 saturated carbocycles. The minimum absolute atomic E-state index is 0.0952. The maximum Gasteiger partial charge on any atom is 0.322 e. The summed E-state index contributed by atoms with van der Waals surface area (Å²) in [6.45, 7) is 0.278. The van der Waals surface area contributed by atoms with Crippen LogP contribution in [0.2, 0.25) is 6.32 Å². The highest BCUT2D eigenvalue weighted by molar-refractivity contribution is 6.19. The zero-order valence-electron chi connectivity index (χ0n) is 9.16. The Kier molecular flexibility index (Phi) is 2.91. The highest BCUT2D eigenvalue weighted by Gasteiger charge is 2.52. The third-order valence-corrected chi connectivity index (χ3v) is 3.11. The lowest BCUT2D eigenvalue weighted by atomic mass is 9.86. The average molecular weight is 233 g/mol. The van der Waals surface area contributed by atoms with Gasteiger partial charge >= 0.3 is 6.03 Å². The van der Waals surface area contributed by atoms with E-state index >= 15 is 0 Å². The quantitative estimate of drug-likeness (QED) is 0.326. The van der Waals surface area contributed by atoms with E-state index in [0.29, 0.717) is 6.42 Å². The van der Waals surface area contributed by atoms with E-state index in [1.165, 1.54) is 0 Å². The van der Waals surface area contributed by atoms with Crippen molar-refractivity contribution in [2.45, 2.75) is 18.3 Å². The standard InChI is InChI=1S/C10H12BN3O3/c11-4-7(15)12-5-6-2-1-3-10(6)8(16)13-9(17)14-10/h1-2,6H,3-5H2,(H,12,15)(H2,13,14,16,17). The van der Waals surface area contributed by atoms with Crippen LogP contribution in [0.3, 0.4) is 0 Å². The lowest BCUT2D eigenvalue weighted by Gasteiger charge is -2.28. The fourth-order valence-corrected chi connectivity index (χ4v) is 2.18. The van der Waals surface area contributed by atoms with Gasteiger partial charge < -0.3 is 10.6 Å². The van der Waals surface area contributed by atoms with Crippen molar-refractivity contribution in [1.82, 2.24) is 16.0 Å². The van der Waals surface area contributed by atoms with Gasteiger partial charge in [0.05, 0.1) is 7.85 Å². The lowest BCUT2D eigenvalue weighted by molar-refractivity contribution is -0.125. The molecule has 2 atom stereocenters. The average Bonchev–Trinajstić information content (AvgIpc) is 2.81. The molecule has 2 unspecified atom stereocenters. The maximum absolute atomic E-state index is 11.8. The number of hydrogen-bond donors (Lipinski definition) is 3. The van der Waals surface area contributed by atoms with E-state index in [0.717, 1.165) is 0 Å². The van der Waals surface area contributed by atoms with Crippen LogP contribution in [-0.2, 0) is 9.59 Å². The number of urea groups is 1. The Balaban J connectivity index is 2.06. The molecule has 2 rings (SSSR count). The normalized spacial score (nSPS) is 30.5. The molecule has 6 nitrogen and oxygen atoms in total. The van der Waals surface area contributed by atoms with Crippen LogP contribution >= 0.6 is 0 Å². The van der Waals surface area contributed by atoms with E-state index in [-0.39, 0.29) is 30.6 Å². The van der Waals surface area contributed by atoms with Crippen LogP contribution in [0, 0.1) is 5.92 Å². The number of rotatable bonds is 3. The van der Waals surface area contributed by atoms with Gasteiger partial charge in [-0.25, -0.2) is 4.79 Å². The van der Waals surface area contributed by atoms with Crippen LogP contribution < -0.4 is 16.0 Å². The van der Waals surface area contributed by atoms with Gasteiger partial charge in [-0.3, -0.25) is 14.9 Å². The van der Waals surface area contributed by atoms with Gasteiger partial charge in [-0.2, -0.15) is 0 Å². The second kappa shape index (κ2) is 4.23. The Morgan fingerprint density at radius 1 is 1.59 bits per heavy atom.